The van der Waals surface area contributed by atoms with Gasteiger partial charge in [-0.05, 0) is 19.8 Å². The Balaban J connectivity index is 2.35. The minimum Gasteiger partial charge on any atom is -0.476 e. The Labute approximate surface area is 99.3 Å². The molecule has 17 heavy (non-hydrogen) atoms. The Morgan fingerprint density at radius 1 is 1.53 bits per heavy atom. The van der Waals surface area contributed by atoms with E-state index in [2.05, 4.69) is 10.3 Å². The topological polar surface area (TPSA) is 88.2 Å². The molecule has 1 aliphatic carbocycles. The Morgan fingerprint density at radius 2 is 2.18 bits per heavy atom. The second-order valence-corrected chi connectivity index (χ2v) is 4.64. The highest BCUT2D eigenvalue weighted by Gasteiger charge is 2.28. The van der Waals surface area contributed by atoms with Gasteiger partial charge in [0.1, 0.15) is 0 Å². The van der Waals surface area contributed by atoms with Crippen LogP contribution in [0.4, 0.5) is 0 Å². The van der Waals surface area contributed by atoms with Crippen molar-refractivity contribution >= 4 is 5.97 Å². The third-order valence-electron chi connectivity index (χ3n) is 3.15. The average Bonchev–Trinajstić information content (AvgIpc) is 2.83. The number of nitrogens with zero attached hydrogens (tertiary/aromatic N) is 3. The van der Waals surface area contributed by atoms with Gasteiger partial charge >= 0.3 is 5.97 Å². The fraction of sp³-hybridized carbons (Fsp3) is 0.727. The van der Waals surface area contributed by atoms with Gasteiger partial charge in [0.25, 0.3) is 0 Å². The van der Waals surface area contributed by atoms with Gasteiger partial charge in [0, 0.05) is 5.92 Å². The first-order chi connectivity index (χ1) is 8.09. The van der Waals surface area contributed by atoms with Gasteiger partial charge in [0.05, 0.1) is 18.3 Å². The lowest BCUT2D eigenvalue weighted by atomic mass is 10.0. The van der Waals surface area contributed by atoms with E-state index in [4.69, 9.17) is 5.11 Å². The zero-order valence-corrected chi connectivity index (χ0v) is 9.83. The Morgan fingerprint density at radius 3 is 2.71 bits per heavy atom. The number of carbonyl (C=O) groups is 1. The molecule has 6 nitrogen and oxygen atoms in total. The predicted molar refractivity (Wildman–Crippen MR) is 59.9 cm³/mol. The summed E-state index contributed by atoms with van der Waals surface area (Å²) in [7, 11) is 0. The number of carboxylic acid groups (broad SMARTS) is 1. The van der Waals surface area contributed by atoms with Crippen LogP contribution in [-0.2, 0) is 6.54 Å². The van der Waals surface area contributed by atoms with E-state index in [0.29, 0.717) is 12.2 Å². The van der Waals surface area contributed by atoms with E-state index in [1.54, 1.807) is 11.6 Å². The number of rotatable bonds is 4. The van der Waals surface area contributed by atoms with Crippen LogP contribution in [0.1, 0.15) is 54.7 Å². The van der Waals surface area contributed by atoms with Gasteiger partial charge in [0.15, 0.2) is 5.69 Å². The van der Waals surface area contributed by atoms with E-state index in [0.717, 1.165) is 25.7 Å². The molecule has 94 valence electrons. The molecule has 1 saturated carbocycles. The molecule has 1 atom stereocenters. The van der Waals surface area contributed by atoms with Crippen LogP contribution < -0.4 is 0 Å². The third-order valence-corrected chi connectivity index (χ3v) is 3.15. The van der Waals surface area contributed by atoms with Crippen LogP contribution in [0.3, 0.4) is 0 Å². The normalized spacial score (nSPS) is 18.5. The summed E-state index contributed by atoms with van der Waals surface area (Å²) in [4.78, 5) is 11.1. The van der Waals surface area contributed by atoms with Gasteiger partial charge in [-0.3, -0.25) is 0 Å². The minimum absolute atomic E-state index is 0.0394. The van der Waals surface area contributed by atoms with Gasteiger partial charge in [-0.25, -0.2) is 9.48 Å². The van der Waals surface area contributed by atoms with Crippen LogP contribution in [0.25, 0.3) is 0 Å². The first-order valence-electron chi connectivity index (χ1n) is 5.94. The van der Waals surface area contributed by atoms with Crippen molar-refractivity contribution in [1.82, 2.24) is 15.0 Å². The van der Waals surface area contributed by atoms with E-state index in [-0.39, 0.29) is 11.6 Å². The van der Waals surface area contributed by atoms with Gasteiger partial charge in [-0.15, -0.1) is 5.10 Å². The van der Waals surface area contributed by atoms with E-state index in [1.807, 2.05) is 0 Å². The molecule has 0 saturated heterocycles. The number of aliphatic hydroxyl groups is 1. The van der Waals surface area contributed by atoms with Gasteiger partial charge in [0.2, 0.25) is 0 Å². The Kier molecular flexibility index (Phi) is 3.42. The molecule has 1 aromatic heterocycles. The summed E-state index contributed by atoms with van der Waals surface area (Å²) in [5.41, 5.74) is 0.716. The summed E-state index contributed by atoms with van der Waals surface area (Å²) in [6.07, 6.45) is 3.63. The highest BCUT2D eigenvalue weighted by atomic mass is 16.4. The minimum atomic E-state index is -1.04. The molecule has 0 radical (unpaired) electrons. The molecule has 0 spiro atoms. The molecular weight excluding hydrogens is 222 g/mol. The van der Waals surface area contributed by atoms with Crippen molar-refractivity contribution in [2.45, 2.75) is 51.2 Å². The van der Waals surface area contributed by atoms with Crippen LogP contribution in [0.15, 0.2) is 0 Å². The molecule has 0 amide bonds. The number of carboxylic acids is 1. The zero-order valence-electron chi connectivity index (χ0n) is 9.83. The molecular formula is C11H17N3O3. The molecule has 1 aliphatic rings. The van der Waals surface area contributed by atoms with E-state index in [1.165, 1.54) is 0 Å². The molecule has 0 aromatic carbocycles. The standard InChI is InChI=1S/C11H17N3O3/c1-7(15)6-14-10(8-4-2-3-5-8)9(11(16)17)12-13-14/h7-8,15H,2-6H2,1H3,(H,16,17). The second kappa shape index (κ2) is 4.83. The zero-order chi connectivity index (χ0) is 12.4. The molecule has 1 fully saturated rings. The molecule has 1 heterocycles. The summed E-state index contributed by atoms with van der Waals surface area (Å²) < 4.78 is 1.55. The largest absolute Gasteiger partial charge is 0.476 e. The number of hydrogen-bond donors (Lipinski definition) is 2. The van der Waals surface area contributed by atoms with Crippen molar-refractivity contribution < 1.29 is 15.0 Å². The van der Waals surface area contributed by atoms with Crippen LogP contribution in [0.5, 0.6) is 0 Å². The molecule has 1 aromatic rings. The lowest BCUT2D eigenvalue weighted by molar-refractivity contribution is 0.0688. The lowest BCUT2D eigenvalue weighted by Crippen LogP contribution is -2.18. The van der Waals surface area contributed by atoms with Crippen LogP contribution in [0.2, 0.25) is 0 Å². The van der Waals surface area contributed by atoms with Crippen molar-refractivity contribution in [2.75, 3.05) is 0 Å². The summed E-state index contributed by atoms with van der Waals surface area (Å²) in [6.45, 7) is 1.95. The van der Waals surface area contributed by atoms with Gasteiger partial charge in [-0.2, -0.15) is 0 Å². The Bertz CT molecular complexity index is 408. The van der Waals surface area contributed by atoms with Crippen molar-refractivity contribution in [2.24, 2.45) is 0 Å². The number of aliphatic hydroxyl groups excluding tert-OH is 1. The smallest absolute Gasteiger partial charge is 0.358 e. The molecule has 2 rings (SSSR count). The average molecular weight is 239 g/mol. The summed E-state index contributed by atoms with van der Waals surface area (Å²) >= 11 is 0. The lowest BCUT2D eigenvalue weighted by Gasteiger charge is -2.13. The first kappa shape index (κ1) is 12.0. The molecule has 2 N–H and O–H groups in total. The molecule has 6 heteroatoms. The molecule has 0 aliphatic heterocycles. The fourth-order valence-electron chi connectivity index (χ4n) is 2.46. The molecule has 0 bridgehead atoms. The van der Waals surface area contributed by atoms with Gasteiger partial charge in [-0.1, -0.05) is 18.1 Å². The SMILES string of the molecule is CC(O)Cn1nnc(C(=O)O)c1C1CCCC1. The molecule has 1 unspecified atom stereocenters. The highest BCUT2D eigenvalue weighted by molar-refractivity contribution is 5.86. The maximum absolute atomic E-state index is 11.1. The van der Waals surface area contributed by atoms with E-state index in [9.17, 15) is 9.90 Å². The van der Waals surface area contributed by atoms with E-state index >= 15 is 0 Å². The van der Waals surface area contributed by atoms with Gasteiger partial charge < -0.3 is 10.2 Å². The highest BCUT2D eigenvalue weighted by Crippen LogP contribution is 2.35. The summed E-state index contributed by atoms with van der Waals surface area (Å²) in [6, 6.07) is 0. The number of aromatic carboxylic acids is 1. The summed E-state index contributed by atoms with van der Waals surface area (Å²) in [5.74, 6) is -0.821. The quantitative estimate of drug-likeness (QED) is 0.818. The number of hydrogen-bond acceptors (Lipinski definition) is 4. The van der Waals surface area contributed by atoms with Crippen LogP contribution in [-0.4, -0.2) is 37.3 Å². The first-order valence-corrected chi connectivity index (χ1v) is 5.94. The predicted octanol–water partition coefficient (Wildman–Crippen LogP) is 1.01. The van der Waals surface area contributed by atoms with Crippen molar-refractivity contribution in [1.29, 1.82) is 0 Å². The van der Waals surface area contributed by atoms with Crippen LogP contribution >= 0.6 is 0 Å². The van der Waals surface area contributed by atoms with E-state index < -0.39 is 12.1 Å². The second-order valence-electron chi connectivity index (χ2n) is 4.64. The van der Waals surface area contributed by atoms with Crippen molar-refractivity contribution in [3.05, 3.63) is 11.4 Å². The number of aromatic nitrogens is 3. The maximum atomic E-state index is 11.1. The third kappa shape index (κ3) is 2.46. The Hall–Kier alpha value is -1.43. The maximum Gasteiger partial charge on any atom is 0.358 e. The monoisotopic (exact) mass is 239 g/mol. The summed E-state index contributed by atoms with van der Waals surface area (Å²) in [5, 5.41) is 26.0. The fourth-order valence-corrected chi connectivity index (χ4v) is 2.46. The van der Waals surface area contributed by atoms with Crippen molar-refractivity contribution in [3.63, 3.8) is 0 Å². The van der Waals surface area contributed by atoms with Crippen LogP contribution in [0, 0.1) is 0 Å². The van der Waals surface area contributed by atoms with Crippen molar-refractivity contribution in [3.8, 4) is 0 Å².